The van der Waals surface area contributed by atoms with Gasteiger partial charge in [-0.05, 0) is 6.42 Å². The molecule has 0 aromatic carbocycles. The van der Waals surface area contributed by atoms with Crippen LogP contribution in [-0.4, -0.2) is 18.4 Å². The molecule has 0 fully saturated rings. The van der Waals surface area contributed by atoms with Crippen LogP contribution in [0.3, 0.4) is 0 Å². The number of aliphatic hydroxyl groups is 1. The Bertz CT molecular complexity index is 22.0. The van der Waals surface area contributed by atoms with E-state index in [0.29, 0.717) is 0 Å². The minimum Gasteiger partial charge on any atom is -0.396 e. The second-order valence-corrected chi connectivity index (χ2v) is 0.766. The van der Waals surface area contributed by atoms with E-state index in [0.717, 1.165) is 0 Å². The van der Waals surface area contributed by atoms with Gasteiger partial charge in [-0.2, -0.15) is 0 Å². The quantitative estimate of drug-likeness (QED) is 0.523. The molecule has 0 unspecified atom stereocenters. The third-order valence-corrected chi connectivity index (χ3v) is 0.292. The fourth-order valence-corrected chi connectivity index (χ4v) is 0.0598. The first kappa shape index (κ1) is 9.80. The monoisotopic (exact) mass is 106 g/mol. The Balaban J connectivity index is 0. The summed E-state index contributed by atoms with van der Waals surface area (Å²) in [6, 6.07) is 0. The van der Waals surface area contributed by atoms with Gasteiger partial charge < -0.3 is 5.11 Å². The van der Waals surface area contributed by atoms with Crippen molar-refractivity contribution in [3.05, 3.63) is 13.2 Å². The van der Waals surface area contributed by atoms with Crippen molar-refractivity contribution in [3.63, 3.8) is 0 Å². The molecule has 0 radical (unpaired) electrons. The van der Waals surface area contributed by atoms with Crippen LogP contribution in [0.25, 0.3) is 0 Å². The summed E-state index contributed by atoms with van der Waals surface area (Å²) in [6.45, 7) is 5.56. The zero-order chi connectivity index (χ0) is 6.12. The lowest BCUT2D eigenvalue weighted by molar-refractivity contribution is 0.269. The molecule has 44 valence electrons. The molecule has 0 spiro atoms. The number of rotatable bonds is 2. The molecule has 0 aliphatic heterocycles. The van der Waals surface area contributed by atoms with Gasteiger partial charge in [0.05, 0.1) is 6.67 Å². The fraction of sp³-hybridized carbons (Fsp3) is 0.600. The summed E-state index contributed by atoms with van der Waals surface area (Å²) in [6.07, 6.45) is 0.278. The molecule has 0 saturated carbocycles. The third kappa shape index (κ3) is 27.9. The maximum atomic E-state index is 10.8. The molecule has 0 saturated heterocycles. The largest absolute Gasteiger partial charge is 0.396 e. The standard InChI is InChI=1S/C3H7FO.C2H4/c4-2-1-3-5;1-2/h5H,1-3H2;1-2H2. The molecule has 0 amide bonds. The number of alkyl halides is 1. The predicted octanol–water partition coefficient (Wildman–Crippen LogP) is 1.14. The predicted molar refractivity (Wildman–Crippen MR) is 28.9 cm³/mol. The van der Waals surface area contributed by atoms with Crippen LogP contribution in [0.5, 0.6) is 0 Å². The van der Waals surface area contributed by atoms with Crippen LogP contribution in [0.4, 0.5) is 4.39 Å². The average molecular weight is 106 g/mol. The SMILES string of the molecule is C=C.OCCCF. The average Bonchev–Trinajstić information content (AvgIpc) is 1.75. The summed E-state index contributed by atoms with van der Waals surface area (Å²) in [4.78, 5) is 0. The van der Waals surface area contributed by atoms with Crippen molar-refractivity contribution in [2.24, 2.45) is 0 Å². The van der Waals surface area contributed by atoms with Crippen LogP contribution in [0.1, 0.15) is 6.42 Å². The number of halogens is 1. The highest BCUT2D eigenvalue weighted by Crippen LogP contribution is 1.72. The van der Waals surface area contributed by atoms with Crippen molar-refractivity contribution in [1.82, 2.24) is 0 Å². The molecule has 0 heterocycles. The summed E-state index contributed by atoms with van der Waals surface area (Å²) in [7, 11) is 0. The van der Waals surface area contributed by atoms with Crippen molar-refractivity contribution in [2.75, 3.05) is 13.3 Å². The Morgan fingerprint density at radius 2 is 1.86 bits per heavy atom. The van der Waals surface area contributed by atoms with E-state index in [1.165, 1.54) is 0 Å². The van der Waals surface area contributed by atoms with E-state index in [2.05, 4.69) is 13.2 Å². The Labute approximate surface area is 43.5 Å². The maximum Gasteiger partial charge on any atom is 0.0916 e. The van der Waals surface area contributed by atoms with Crippen LogP contribution in [0, 0.1) is 0 Å². The molecule has 0 aliphatic rings. The van der Waals surface area contributed by atoms with Crippen LogP contribution in [-0.2, 0) is 0 Å². The first-order chi connectivity index (χ1) is 3.41. The third-order valence-electron chi connectivity index (χ3n) is 0.292. The van der Waals surface area contributed by atoms with Gasteiger partial charge in [-0.25, -0.2) is 0 Å². The topological polar surface area (TPSA) is 20.2 Å². The van der Waals surface area contributed by atoms with Gasteiger partial charge in [0.15, 0.2) is 0 Å². The molecule has 0 aliphatic carbocycles. The van der Waals surface area contributed by atoms with Gasteiger partial charge in [0.2, 0.25) is 0 Å². The van der Waals surface area contributed by atoms with Crippen molar-refractivity contribution in [2.45, 2.75) is 6.42 Å². The Morgan fingerprint density at radius 3 is 1.86 bits per heavy atom. The summed E-state index contributed by atoms with van der Waals surface area (Å²) < 4.78 is 10.8. The Kier molecular flexibility index (Phi) is 24.4. The van der Waals surface area contributed by atoms with Gasteiger partial charge in [-0.15, -0.1) is 13.2 Å². The van der Waals surface area contributed by atoms with E-state index < -0.39 is 6.67 Å². The van der Waals surface area contributed by atoms with Crippen LogP contribution in [0.15, 0.2) is 13.2 Å². The van der Waals surface area contributed by atoms with E-state index in [9.17, 15) is 4.39 Å². The highest BCUT2D eigenvalue weighted by molar-refractivity contribution is 4.23. The van der Waals surface area contributed by atoms with E-state index in [1.54, 1.807) is 0 Å². The highest BCUT2D eigenvalue weighted by atomic mass is 19.1. The smallest absolute Gasteiger partial charge is 0.0916 e. The van der Waals surface area contributed by atoms with Crippen LogP contribution >= 0.6 is 0 Å². The molecule has 2 heteroatoms. The van der Waals surface area contributed by atoms with E-state index >= 15 is 0 Å². The zero-order valence-electron chi connectivity index (χ0n) is 4.36. The second kappa shape index (κ2) is 17.4. The molecular formula is C5H11FO. The van der Waals surface area contributed by atoms with Crippen molar-refractivity contribution < 1.29 is 9.50 Å². The van der Waals surface area contributed by atoms with E-state index in [-0.39, 0.29) is 13.0 Å². The van der Waals surface area contributed by atoms with Gasteiger partial charge in [0.1, 0.15) is 0 Å². The molecular weight excluding hydrogens is 95.1 g/mol. The maximum absolute atomic E-state index is 10.8. The summed E-state index contributed by atoms with van der Waals surface area (Å²) in [5, 5.41) is 7.83. The Hall–Kier alpha value is -0.370. The lowest BCUT2D eigenvalue weighted by Crippen LogP contribution is -1.80. The lowest BCUT2D eigenvalue weighted by atomic mass is 10.5. The van der Waals surface area contributed by atoms with E-state index in [4.69, 9.17) is 5.11 Å². The molecule has 0 atom stereocenters. The number of hydrogen-bond acceptors (Lipinski definition) is 1. The first-order valence-corrected chi connectivity index (χ1v) is 2.08. The van der Waals surface area contributed by atoms with Crippen LogP contribution < -0.4 is 0 Å². The van der Waals surface area contributed by atoms with Gasteiger partial charge in [0.25, 0.3) is 0 Å². The Morgan fingerprint density at radius 1 is 1.43 bits per heavy atom. The minimum absolute atomic E-state index is 0.0312. The second-order valence-electron chi connectivity index (χ2n) is 0.766. The molecule has 1 N–H and O–H groups in total. The number of aliphatic hydroxyl groups excluding tert-OH is 1. The lowest BCUT2D eigenvalue weighted by Gasteiger charge is -1.76. The highest BCUT2D eigenvalue weighted by Gasteiger charge is 1.72. The first-order valence-electron chi connectivity index (χ1n) is 2.08. The molecule has 1 nitrogen and oxygen atoms in total. The van der Waals surface area contributed by atoms with E-state index in [1.807, 2.05) is 0 Å². The zero-order valence-corrected chi connectivity index (χ0v) is 4.36. The van der Waals surface area contributed by atoms with Gasteiger partial charge in [-0.1, -0.05) is 0 Å². The molecule has 0 aromatic heterocycles. The van der Waals surface area contributed by atoms with Gasteiger partial charge >= 0.3 is 0 Å². The van der Waals surface area contributed by atoms with Gasteiger partial charge in [-0.3, -0.25) is 4.39 Å². The summed E-state index contributed by atoms with van der Waals surface area (Å²) >= 11 is 0. The van der Waals surface area contributed by atoms with Crippen molar-refractivity contribution in [1.29, 1.82) is 0 Å². The van der Waals surface area contributed by atoms with Crippen LogP contribution in [0.2, 0.25) is 0 Å². The molecule has 0 aromatic rings. The molecule has 7 heavy (non-hydrogen) atoms. The van der Waals surface area contributed by atoms with Gasteiger partial charge in [0, 0.05) is 6.61 Å². The van der Waals surface area contributed by atoms with Crippen molar-refractivity contribution in [3.8, 4) is 0 Å². The number of hydrogen-bond donors (Lipinski definition) is 1. The fourth-order valence-electron chi connectivity index (χ4n) is 0.0598. The molecule has 0 bridgehead atoms. The van der Waals surface area contributed by atoms with Crippen molar-refractivity contribution >= 4 is 0 Å². The normalized spacial score (nSPS) is 6.57. The minimum atomic E-state index is -0.406. The summed E-state index contributed by atoms with van der Waals surface area (Å²) in [5.41, 5.74) is 0. The molecule has 0 rings (SSSR count). The summed E-state index contributed by atoms with van der Waals surface area (Å²) in [5.74, 6) is 0.